The Labute approximate surface area is 305 Å². The van der Waals surface area contributed by atoms with E-state index in [4.69, 9.17) is 18.9 Å². The van der Waals surface area contributed by atoms with Gasteiger partial charge in [0, 0.05) is 19.4 Å². The zero-order chi connectivity index (χ0) is 37.8. The van der Waals surface area contributed by atoms with E-state index in [-0.39, 0.29) is 69.5 Å². The summed E-state index contributed by atoms with van der Waals surface area (Å²) >= 11 is 1.57. The molecule has 0 spiro atoms. The highest BCUT2D eigenvalue weighted by Crippen LogP contribution is 2.29. The minimum atomic E-state index is -0.926. The summed E-state index contributed by atoms with van der Waals surface area (Å²) < 4.78 is 21.6. The molecule has 13 nitrogen and oxygen atoms in total. The number of ether oxygens (including phenoxy) is 4. The number of nitrogens with zero attached hydrogens (tertiary/aromatic N) is 2. The van der Waals surface area contributed by atoms with Crippen molar-refractivity contribution in [1.29, 1.82) is 0 Å². The third-order valence-corrected chi connectivity index (χ3v) is 9.13. The molecular weight excluding hydrogens is 676 g/mol. The Morgan fingerprint density at radius 1 is 0.922 bits per heavy atom. The number of esters is 1. The molecule has 0 radical (unpaired) electrons. The van der Waals surface area contributed by atoms with Crippen molar-refractivity contribution >= 4 is 35.0 Å². The third-order valence-electron chi connectivity index (χ3n) is 8.15. The highest BCUT2D eigenvalue weighted by atomic mass is 32.1. The zero-order valence-corrected chi connectivity index (χ0v) is 32.1. The number of likely N-dealkylation sites (tertiary alicyclic amines) is 1. The number of aliphatic hydroxyl groups is 1. The summed E-state index contributed by atoms with van der Waals surface area (Å²) in [6, 6.07) is 5.78. The number of rotatable bonds is 18. The number of carbonyl (C=O) groups is 4. The van der Waals surface area contributed by atoms with Crippen LogP contribution in [0.5, 0.6) is 0 Å². The number of aliphatic hydroxyl groups excluding tert-OH is 1. The highest BCUT2D eigenvalue weighted by Gasteiger charge is 2.44. The molecule has 3 N–H and O–H groups in total. The molecule has 0 bridgehead atoms. The summed E-state index contributed by atoms with van der Waals surface area (Å²) in [5, 5.41) is 16.4. The zero-order valence-electron chi connectivity index (χ0n) is 31.3. The van der Waals surface area contributed by atoms with Gasteiger partial charge < -0.3 is 39.6 Å². The fraction of sp³-hybridized carbons (Fsp3) is 0.649. The third kappa shape index (κ3) is 13.9. The van der Waals surface area contributed by atoms with Crippen molar-refractivity contribution in [3.05, 3.63) is 41.0 Å². The lowest BCUT2D eigenvalue weighted by atomic mass is 9.85. The highest BCUT2D eigenvalue weighted by molar-refractivity contribution is 7.13. The molecule has 0 unspecified atom stereocenters. The first-order chi connectivity index (χ1) is 24.0. The maximum Gasteiger partial charge on any atom is 0.308 e. The van der Waals surface area contributed by atoms with Crippen LogP contribution in [0.4, 0.5) is 0 Å². The first kappa shape index (κ1) is 42.0. The Bertz CT molecular complexity index is 1430. The quantitative estimate of drug-likeness (QED) is 0.151. The van der Waals surface area contributed by atoms with Gasteiger partial charge >= 0.3 is 5.97 Å². The number of aryl methyl sites for hydroxylation is 1. The minimum Gasteiger partial charge on any atom is -0.460 e. The molecule has 0 saturated carbocycles. The van der Waals surface area contributed by atoms with Crippen LogP contribution in [0.3, 0.4) is 0 Å². The average Bonchev–Trinajstić information content (AvgIpc) is 3.66. The van der Waals surface area contributed by atoms with Crippen molar-refractivity contribution in [3.63, 3.8) is 0 Å². The predicted molar refractivity (Wildman–Crippen MR) is 194 cm³/mol. The monoisotopic (exact) mass is 732 g/mol. The number of β-amino-alcohol motifs (C(OH)–C–C–N with tert-alkyl or cyclic N) is 1. The second kappa shape index (κ2) is 19.4. The fourth-order valence-electron chi connectivity index (χ4n) is 5.50. The van der Waals surface area contributed by atoms with E-state index in [1.54, 1.807) is 11.3 Å². The van der Waals surface area contributed by atoms with Crippen LogP contribution >= 0.6 is 11.3 Å². The molecule has 1 fully saturated rings. The van der Waals surface area contributed by atoms with Gasteiger partial charge in [-0.1, -0.05) is 45.0 Å². The van der Waals surface area contributed by atoms with Gasteiger partial charge in [-0.3, -0.25) is 19.2 Å². The lowest BCUT2D eigenvalue weighted by Crippen LogP contribution is -2.58. The molecule has 0 aliphatic carbocycles. The van der Waals surface area contributed by atoms with Crippen LogP contribution in [-0.2, 0) is 38.1 Å². The molecule has 51 heavy (non-hydrogen) atoms. The van der Waals surface area contributed by atoms with Gasteiger partial charge in [0.25, 0.3) is 0 Å². The van der Waals surface area contributed by atoms with Crippen LogP contribution < -0.4 is 10.6 Å². The first-order valence-electron chi connectivity index (χ1n) is 17.5. The van der Waals surface area contributed by atoms with Crippen LogP contribution in [0.2, 0.25) is 0 Å². The van der Waals surface area contributed by atoms with E-state index >= 15 is 0 Å². The number of amides is 3. The number of carbonyl (C=O) groups excluding carboxylic acids is 4. The van der Waals surface area contributed by atoms with E-state index in [1.165, 1.54) is 4.90 Å². The number of thiazole rings is 1. The SMILES string of the molecule is Cc1ncsc1-c1ccc([C@H](C)NC(=O)[C@@H]2C[C@@H](O)CN2C(=O)[C@@H](NC(=O)CCOCCOCCOCCC(=O)OC(C)(C)C)C(C)(C)C)cc1. The number of hydrogen-bond donors (Lipinski definition) is 3. The van der Waals surface area contributed by atoms with E-state index in [0.29, 0.717) is 19.8 Å². The summed E-state index contributed by atoms with van der Waals surface area (Å²) in [4.78, 5) is 58.8. The van der Waals surface area contributed by atoms with Crippen LogP contribution in [-0.4, -0.2) is 109 Å². The van der Waals surface area contributed by atoms with Crippen LogP contribution in [0.25, 0.3) is 10.4 Å². The number of nitrogens with one attached hydrogen (secondary N) is 2. The normalized spacial score (nSPS) is 17.5. The Hall–Kier alpha value is -3.43. The summed E-state index contributed by atoms with van der Waals surface area (Å²) in [7, 11) is 0. The lowest BCUT2D eigenvalue weighted by Gasteiger charge is -2.35. The standard InChI is InChI=1S/C37H56N4O9S/c1-24(26-9-11-27(12-10-26)32-25(2)38-23-51-32)39-34(45)29-21-28(42)22-41(29)35(46)33(36(3,4)5)40-30(43)13-15-47-17-19-49-20-18-48-16-14-31(44)50-37(6,7)8/h9-12,23-24,28-29,33,42H,13-22H2,1-8H3,(H,39,45)(H,40,43)/t24-,28+,29-,33+/m0/s1. The van der Waals surface area contributed by atoms with Crippen molar-refractivity contribution in [2.45, 2.75) is 104 Å². The van der Waals surface area contributed by atoms with E-state index in [0.717, 1.165) is 21.7 Å². The molecule has 4 atom stereocenters. The van der Waals surface area contributed by atoms with Crippen molar-refractivity contribution in [1.82, 2.24) is 20.5 Å². The minimum absolute atomic E-state index is 0.00542. The van der Waals surface area contributed by atoms with Gasteiger partial charge in [0.05, 0.1) is 74.3 Å². The average molecular weight is 733 g/mol. The number of hydrogen-bond acceptors (Lipinski definition) is 11. The molecule has 1 saturated heterocycles. The molecule has 3 amide bonds. The molecule has 1 aromatic heterocycles. The first-order valence-corrected chi connectivity index (χ1v) is 18.4. The molecule has 2 aromatic rings. The maximum atomic E-state index is 13.9. The van der Waals surface area contributed by atoms with Gasteiger partial charge in [-0.2, -0.15) is 0 Å². The van der Waals surface area contributed by atoms with Crippen LogP contribution in [0.15, 0.2) is 29.8 Å². The van der Waals surface area contributed by atoms with E-state index in [9.17, 15) is 24.3 Å². The molecule has 284 valence electrons. The molecule has 1 aliphatic rings. The van der Waals surface area contributed by atoms with Gasteiger partial charge in [0.15, 0.2) is 0 Å². The van der Waals surface area contributed by atoms with Gasteiger partial charge in [-0.25, -0.2) is 4.98 Å². The smallest absolute Gasteiger partial charge is 0.308 e. The fourth-order valence-corrected chi connectivity index (χ4v) is 6.32. The van der Waals surface area contributed by atoms with Crippen LogP contribution in [0.1, 0.15) is 85.0 Å². The van der Waals surface area contributed by atoms with E-state index < -0.39 is 35.1 Å². The maximum absolute atomic E-state index is 13.9. The van der Waals surface area contributed by atoms with Gasteiger partial charge in [0.2, 0.25) is 17.7 Å². The molecule has 3 rings (SSSR count). The summed E-state index contributed by atoms with van der Waals surface area (Å²) in [6.45, 7) is 16.4. The van der Waals surface area contributed by atoms with E-state index in [1.807, 2.05) is 85.2 Å². The summed E-state index contributed by atoms with van der Waals surface area (Å²) in [6.07, 6.45) is -0.562. The van der Waals surface area contributed by atoms with Gasteiger partial charge in [-0.05, 0) is 51.2 Å². The van der Waals surface area contributed by atoms with E-state index in [2.05, 4.69) is 15.6 Å². The summed E-state index contributed by atoms with van der Waals surface area (Å²) in [5.41, 5.74) is 3.54. The van der Waals surface area contributed by atoms with Crippen molar-refractivity contribution < 1.29 is 43.2 Å². The topological polar surface area (TPSA) is 166 Å². The Morgan fingerprint density at radius 2 is 1.51 bits per heavy atom. The molecule has 1 aromatic carbocycles. The van der Waals surface area contributed by atoms with Crippen LogP contribution in [0, 0.1) is 12.3 Å². The van der Waals surface area contributed by atoms with Gasteiger partial charge in [-0.15, -0.1) is 11.3 Å². The van der Waals surface area contributed by atoms with Gasteiger partial charge in [0.1, 0.15) is 17.7 Å². The second-order valence-electron chi connectivity index (χ2n) is 14.8. The molecule has 2 heterocycles. The lowest BCUT2D eigenvalue weighted by molar-refractivity contribution is -0.156. The predicted octanol–water partition coefficient (Wildman–Crippen LogP) is 3.96. The van der Waals surface area contributed by atoms with Crippen molar-refractivity contribution in [3.8, 4) is 10.4 Å². The molecular formula is C37H56N4O9S. The number of benzene rings is 1. The Morgan fingerprint density at radius 3 is 2.06 bits per heavy atom. The molecule has 14 heteroatoms. The second-order valence-corrected chi connectivity index (χ2v) is 15.7. The number of aromatic nitrogens is 1. The Balaban J connectivity index is 1.42. The Kier molecular flexibility index (Phi) is 16.0. The largest absolute Gasteiger partial charge is 0.460 e. The van der Waals surface area contributed by atoms with Crippen molar-refractivity contribution in [2.75, 3.05) is 46.2 Å². The van der Waals surface area contributed by atoms with Crippen molar-refractivity contribution in [2.24, 2.45) is 5.41 Å². The summed E-state index contributed by atoms with van der Waals surface area (Å²) in [5.74, 6) is -1.47. The molecule has 1 aliphatic heterocycles.